The van der Waals surface area contributed by atoms with Crippen LogP contribution in [-0.4, -0.2) is 27.3 Å². The summed E-state index contributed by atoms with van der Waals surface area (Å²) in [5.74, 6) is -4.43. The molecule has 0 fully saturated rings. The van der Waals surface area contributed by atoms with E-state index in [1.165, 1.54) is 19.1 Å². The molecule has 0 radical (unpaired) electrons. The minimum absolute atomic E-state index is 0.0517. The summed E-state index contributed by atoms with van der Waals surface area (Å²) in [5.41, 5.74) is -0.445. The van der Waals surface area contributed by atoms with Crippen LogP contribution in [0.2, 0.25) is 0 Å². The molecule has 0 aliphatic carbocycles. The van der Waals surface area contributed by atoms with Crippen molar-refractivity contribution in [1.29, 1.82) is 0 Å². The predicted octanol–water partition coefficient (Wildman–Crippen LogP) is 5.77. The zero-order valence-corrected chi connectivity index (χ0v) is 17.5. The topological polar surface area (TPSA) is 68.5 Å². The highest BCUT2D eigenvalue weighted by Gasteiger charge is 2.30. The van der Waals surface area contributed by atoms with Crippen LogP contribution in [0, 0.1) is 23.4 Å². The molecule has 3 rings (SSSR count). The van der Waals surface area contributed by atoms with Crippen LogP contribution < -0.4 is 0 Å². The molecule has 1 aromatic heterocycles. The number of halogens is 3. The summed E-state index contributed by atoms with van der Waals surface area (Å²) in [6.45, 7) is 6.36. The third kappa shape index (κ3) is 4.57. The number of nitrogens with zero attached hydrogens (tertiary/aromatic N) is 1. The van der Waals surface area contributed by atoms with Crippen molar-refractivity contribution in [2.75, 3.05) is 0 Å². The monoisotopic (exact) mass is 433 g/mol. The number of hydrogen-bond acceptors (Lipinski definition) is 3. The lowest BCUT2D eigenvalue weighted by molar-refractivity contribution is -0.141. The molecule has 0 bridgehead atoms. The number of carbonyl (C=O) groups excluding carboxylic acids is 1. The summed E-state index contributed by atoms with van der Waals surface area (Å²) in [6.07, 6.45) is -1.03. The lowest BCUT2D eigenvalue weighted by Crippen LogP contribution is -2.27. The van der Waals surface area contributed by atoms with Gasteiger partial charge in [-0.15, -0.1) is 0 Å². The number of carbonyl (C=O) groups is 2. The molecule has 0 saturated carbocycles. The van der Waals surface area contributed by atoms with E-state index in [0.29, 0.717) is 11.6 Å². The Kier molecular flexibility index (Phi) is 5.85. The Morgan fingerprint density at radius 3 is 2.23 bits per heavy atom. The molecule has 1 N–H and O–H groups in total. The van der Waals surface area contributed by atoms with E-state index in [9.17, 15) is 27.9 Å². The maximum absolute atomic E-state index is 14.9. The van der Waals surface area contributed by atoms with Crippen molar-refractivity contribution in [3.8, 4) is 11.3 Å². The molecule has 0 saturated heterocycles. The van der Waals surface area contributed by atoms with Gasteiger partial charge in [0.15, 0.2) is 5.82 Å². The van der Waals surface area contributed by atoms with Crippen molar-refractivity contribution < 1.29 is 32.6 Å². The van der Waals surface area contributed by atoms with E-state index in [0.717, 1.165) is 22.8 Å². The standard InChI is InChI=1S/C23H22F3NO4/c1-12(21(28)29)9-16-17-10-15(25)11-18(26)20(17)27(22(30)31-23(2,3)4)19(16)13-5-7-14(24)8-6-13/h5-8,10-12H,9H2,1-4H3,(H,28,29). The first-order valence-corrected chi connectivity index (χ1v) is 9.63. The van der Waals surface area contributed by atoms with E-state index in [1.807, 2.05) is 0 Å². The minimum Gasteiger partial charge on any atom is -0.481 e. The van der Waals surface area contributed by atoms with E-state index in [4.69, 9.17) is 4.74 Å². The fraction of sp³-hybridized carbons (Fsp3) is 0.304. The van der Waals surface area contributed by atoms with Gasteiger partial charge in [0, 0.05) is 11.5 Å². The average molecular weight is 433 g/mol. The van der Waals surface area contributed by atoms with Gasteiger partial charge < -0.3 is 9.84 Å². The highest BCUT2D eigenvalue weighted by molar-refractivity contribution is 6.00. The molecule has 1 unspecified atom stereocenters. The fourth-order valence-corrected chi connectivity index (χ4v) is 3.40. The summed E-state index contributed by atoms with van der Waals surface area (Å²) < 4.78 is 49.0. The first-order valence-electron chi connectivity index (χ1n) is 9.63. The number of fused-ring (bicyclic) bond motifs is 1. The van der Waals surface area contributed by atoms with Crippen molar-refractivity contribution in [2.45, 2.75) is 39.7 Å². The van der Waals surface area contributed by atoms with E-state index in [2.05, 4.69) is 0 Å². The van der Waals surface area contributed by atoms with Crippen molar-refractivity contribution in [3.05, 3.63) is 59.4 Å². The van der Waals surface area contributed by atoms with Gasteiger partial charge in [0.1, 0.15) is 17.2 Å². The number of aliphatic carboxylic acids is 1. The summed E-state index contributed by atoms with van der Waals surface area (Å²) >= 11 is 0. The minimum atomic E-state index is -1.11. The number of aromatic nitrogens is 1. The molecule has 1 heterocycles. The zero-order chi connectivity index (χ0) is 23.1. The SMILES string of the molecule is CC(Cc1c(-c2ccc(F)cc2)n(C(=O)OC(C)(C)C)c2c(F)cc(F)cc12)C(=O)O. The Morgan fingerprint density at radius 1 is 1.06 bits per heavy atom. The average Bonchev–Trinajstić information content (AvgIpc) is 2.95. The molecule has 164 valence electrons. The van der Waals surface area contributed by atoms with E-state index < -0.39 is 41.0 Å². The molecule has 2 aromatic carbocycles. The van der Waals surface area contributed by atoms with E-state index in [1.54, 1.807) is 20.8 Å². The Bertz CT molecular complexity index is 1160. The predicted molar refractivity (Wildman–Crippen MR) is 109 cm³/mol. The molecular weight excluding hydrogens is 411 g/mol. The highest BCUT2D eigenvalue weighted by Crippen LogP contribution is 2.38. The third-order valence-corrected chi connectivity index (χ3v) is 4.71. The van der Waals surface area contributed by atoms with Crippen molar-refractivity contribution in [2.24, 2.45) is 5.92 Å². The maximum Gasteiger partial charge on any atom is 0.419 e. The van der Waals surface area contributed by atoms with Crippen molar-refractivity contribution in [3.63, 3.8) is 0 Å². The third-order valence-electron chi connectivity index (χ3n) is 4.71. The summed E-state index contributed by atoms with van der Waals surface area (Å²) in [5, 5.41) is 9.45. The smallest absolute Gasteiger partial charge is 0.419 e. The number of rotatable bonds is 4. The van der Waals surface area contributed by atoms with Gasteiger partial charge >= 0.3 is 12.1 Å². The van der Waals surface area contributed by atoms with Crippen LogP contribution in [0.3, 0.4) is 0 Å². The second kappa shape index (κ2) is 8.09. The molecule has 5 nitrogen and oxygen atoms in total. The summed E-state index contributed by atoms with van der Waals surface area (Å²) in [4.78, 5) is 24.6. The fourth-order valence-electron chi connectivity index (χ4n) is 3.40. The highest BCUT2D eigenvalue weighted by atomic mass is 19.1. The van der Waals surface area contributed by atoms with Gasteiger partial charge in [0.05, 0.1) is 17.1 Å². The molecule has 0 aliphatic rings. The lowest BCUT2D eigenvalue weighted by Gasteiger charge is -2.21. The van der Waals surface area contributed by atoms with Gasteiger partial charge in [-0.05, 0) is 68.7 Å². The van der Waals surface area contributed by atoms with Gasteiger partial charge in [-0.1, -0.05) is 6.92 Å². The zero-order valence-electron chi connectivity index (χ0n) is 17.5. The number of carboxylic acids is 1. The van der Waals surface area contributed by atoms with Crippen LogP contribution in [0.1, 0.15) is 33.3 Å². The van der Waals surface area contributed by atoms with E-state index in [-0.39, 0.29) is 28.6 Å². The Hall–Kier alpha value is -3.29. The summed E-state index contributed by atoms with van der Waals surface area (Å²) in [6, 6.07) is 6.78. The molecule has 8 heteroatoms. The number of hydrogen-bond donors (Lipinski definition) is 1. The first kappa shape index (κ1) is 22.4. The maximum atomic E-state index is 14.9. The van der Waals surface area contributed by atoms with Gasteiger partial charge in [-0.25, -0.2) is 22.5 Å². The van der Waals surface area contributed by atoms with Crippen LogP contribution in [-0.2, 0) is 16.0 Å². The van der Waals surface area contributed by atoms with Gasteiger partial charge in [-0.2, -0.15) is 0 Å². The van der Waals surface area contributed by atoms with Gasteiger partial charge in [0.25, 0.3) is 0 Å². The van der Waals surface area contributed by atoms with Crippen molar-refractivity contribution >= 4 is 23.0 Å². The molecule has 0 spiro atoms. The van der Waals surface area contributed by atoms with Crippen LogP contribution in [0.25, 0.3) is 22.2 Å². The lowest BCUT2D eigenvalue weighted by atomic mass is 9.96. The molecular formula is C23H22F3NO4. The van der Waals surface area contributed by atoms with Crippen LogP contribution in [0.5, 0.6) is 0 Å². The van der Waals surface area contributed by atoms with Gasteiger partial charge in [-0.3, -0.25) is 4.79 Å². The molecule has 0 amide bonds. The largest absolute Gasteiger partial charge is 0.481 e. The molecule has 3 aromatic rings. The van der Waals surface area contributed by atoms with Crippen LogP contribution >= 0.6 is 0 Å². The van der Waals surface area contributed by atoms with Crippen LogP contribution in [0.15, 0.2) is 36.4 Å². The number of benzene rings is 2. The van der Waals surface area contributed by atoms with Crippen LogP contribution in [0.4, 0.5) is 18.0 Å². The Labute approximate surface area is 177 Å². The Balaban J connectivity index is 2.42. The quantitative estimate of drug-likeness (QED) is 0.567. The number of carboxylic acid groups (broad SMARTS) is 1. The van der Waals surface area contributed by atoms with Crippen molar-refractivity contribution in [1.82, 2.24) is 4.57 Å². The normalized spacial score (nSPS) is 12.7. The summed E-state index contributed by atoms with van der Waals surface area (Å²) in [7, 11) is 0. The van der Waals surface area contributed by atoms with Gasteiger partial charge in [0.2, 0.25) is 0 Å². The molecule has 31 heavy (non-hydrogen) atoms. The second-order valence-electron chi connectivity index (χ2n) is 8.38. The molecule has 1 atom stereocenters. The second-order valence-corrected chi connectivity index (χ2v) is 8.38. The first-order chi connectivity index (χ1) is 14.4. The van der Waals surface area contributed by atoms with E-state index >= 15 is 0 Å². The number of ether oxygens (including phenoxy) is 1. The molecule has 0 aliphatic heterocycles. The Morgan fingerprint density at radius 2 is 1.68 bits per heavy atom.